The van der Waals surface area contributed by atoms with Crippen molar-refractivity contribution in [2.75, 3.05) is 18.2 Å². The normalized spacial score (nSPS) is 11.3. The number of nitrogen functional groups attached to an aromatic ring is 1. The Balaban J connectivity index is 1.99. The second-order valence-corrected chi connectivity index (χ2v) is 7.45. The van der Waals surface area contributed by atoms with Gasteiger partial charge in [0.05, 0.1) is 12.0 Å². The largest absolute Gasteiger partial charge is 0.497 e. The molecule has 3 rings (SSSR count). The van der Waals surface area contributed by atoms with Crippen LogP contribution < -0.4 is 15.8 Å². The summed E-state index contributed by atoms with van der Waals surface area (Å²) in [6.07, 6.45) is 0. The minimum absolute atomic E-state index is 0.0500. The molecule has 0 fully saturated rings. The van der Waals surface area contributed by atoms with Crippen LogP contribution in [0.15, 0.2) is 58.3 Å². The zero-order valence-corrected chi connectivity index (χ0v) is 14.7. The summed E-state index contributed by atoms with van der Waals surface area (Å²) >= 11 is 5.82. The van der Waals surface area contributed by atoms with Crippen LogP contribution in [-0.4, -0.2) is 25.7 Å². The number of rotatable bonds is 5. The molecule has 25 heavy (non-hydrogen) atoms. The van der Waals surface area contributed by atoms with Crippen LogP contribution >= 0.6 is 11.6 Å². The SMILES string of the molecule is COc1ccc(Nc2n[nH]c(N)c2S(=O)(=O)c2ccc(Cl)cc2)cc1. The maximum absolute atomic E-state index is 12.9. The van der Waals surface area contributed by atoms with Gasteiger partial charge in [0.1, 0.15) is 11.6 Å². The summed E-state index contributed by atoms with van der Waals surface area (Å²) in [4.78, 5) is -0.0478. The average Bonchev–Trinajstić information content (AvgIpc) is 2.97. The van der Waals surface area contributed by atoms with E-state index in [0.717, 1.165) is 0 Å². The number of hydrogen-bond donors (Lipinski definition) is 3. The standard InChI is InChI=1S/C16H15ClN4O3S/c1-24-12-6-4-11(5-7-12)19-16-14(15(18)20-21-16)25(22,23)13-8-2-10(17)3-9-13/h2-9H,1H3,(H4,18,19,20,21). The number of hydrogen-bond acceptors (Lipinski definition) is 6. The Morgan fingerprint density at radius 1 is 1.12 bits per heavy atom. The summed E-state index contributed by atoms with van der Waals surface area (Å²) in [5, 5.41) is 9.86. The molecular weight excluding hydrogens is 364 g/mol. The van der Waals surface area contributed by atoms with Crippen LogP contribution in [0.25, 0.3) is 0 Å². The molecule has 0 amide bonds. The third-order valence-electron chi connectivity index (χ3n) is 3.49. The Bertz CT molecular complexity index is 983. The van der Waals surface area contributed by atoms with E-state index >= 15 is 0 Å². The number of aromatic nitrogens is 2. The molecule has 0 aliphatic heterocycles. The van der Waals surface area contributed by atoms with Gasteiger partial charge in [-0.25, -0.2) is 8.42 Å². The fourth-order valence-electron chi connectivity index (χ4n) is 2.24. The molecule has 0 spiro atoms. The van der Waals surface area contributed by atoms with Crippen molar-refractivity contribution in [3.05, 3.63) is 53.6 Å². The van der Waals surface area contributed by atoms with Crippen LogP contribution in [0, 0.1) is 0 Å². The van der Waals surface area contributed by atoms with Gasteiger partial charge in [-0.3, -0.25) is 5.10 Å². The summed E-state index contributed by atoms with van der Waals surface area (Å²) in [5.41, 5.74) is 6.45. The van der Waals surface area contributed by atoms with Crippen LogP contribution in [0.5, 0.6) is 5.75 Å². The number of benzene rings is 2. The van der Waals surface area contributed by atoms with E-state index in [2.05, 4.69) is 15.5 Å². The van der Waals surface area contributed by atoms with Gasteiger partial charge < -0.3 is 15.8 Å². The highest BCUT2D eigenvalue weighted by Crippen LogP contribution is 2.33. The number of nitrogens with zero attached hydrogens (tertiary/aromatic N) is 1. The highest BCUT2D eigenvalue weighted by atomic mass is 35.5. The Kier molecular flexibility index (Phi) is 4.56. The average molecular weight is 379 g/mol. The smallest absolute Gasteiger partial charge is 0.213 e. The molecule has 0 saturated carbocycles. The molecule has 0 aliphatic carbocycles. The molecule has 7 nitrogen and oxygen atoms in total. The first-order chi connectivity index (χ1) is 11.9. The van der Waals surface area contributed by atoms with Crippen LogP contribution in [0.3, 0.4) is 0 Å². The van der Waals surface area contributed by atoms with E-state index < -0.39 is 9.84 Å². The van der Waals surface area contributed by atoms with E-state index in [9.17, 15) is 8.42 Å². The molecule has 1 aromatic heterocycles. The minimum Gasteiger partial charge on any atom is -0.497 e. The first-order valence-corrected chi connectivity index (χ1v) is 9.03. The number of aromatic amines is 1. The Hall–Kier alpha value is -2.71. The van der Waals surface area contributed by atoms with Crippen molar-refractivity contribution in [2.24, 2.45) is 0 Å². The van der Waals surface area contributed by atoms with E-state index in [0.29, 0.717) is 16.5 Å². The molecule has 0 unspecified atom stereocenters. The van der Waals surface area contributed by atoms with Crippen LogP contribution in [0.4, 0.5) is 17.3 Å². The van der Waals surface area contributed by atoms with Gasteiger partial charge in [-0.05, 0) is 48.5 Å². The van der Waals surface area contributed by atoms with Gasteiger partial charge in [0.15, 0.2) is 10.7 Å². The number of H-pyrrole nitrogens is 1. The first kappa shape index (κ1) is 17.1. The summed E-state index contributed by atoms with van der Waals surface area (Å²) in [6, 6.07) is 12.8. The molecule has 0 radical (unpaired) electrons. The number of halogens is 1. The minimum atomic E-state index is -3.87. The molecule has 3 aromatic rings. The van der Waals surface area contributed by atoms with Crippen molar-refractivity contribution >= 4 is 38.8 Å². The lowest BCUT2D eigenvalue weighted by Crippen LogP contribution is -2.06. The number of methoxy groups -OCH3 is 1. The lowest BCUT2D eigenvalue weighted by molar-refractivity contribution is 0.415. The number of anilines is 3. The highest BCUT2D eigenvalue weighted by molar-refractivity contribution is 7.91. The van der Waals surface area contributed by atoms with E-state index in [1.165, 1.54) is 24.3 Å². The summed E-state index contributed by atoms with van der Waals surface area (Å²) in [6.45, 7) is 0. The monoisotopic (exact) mass is 378 g/mol. The summed E-state index contributed by atoms with van der Waals surface area (Å²) in [5.74, 6) is 0.740. The lowest BCUT2D eigenvalue weighted by atomic mass is 10.3. The fraction of sp³-hybridized carbons (Fsp3) is 0.0625. The van der Waals surface area contributed by atoms with Gasteiger partial charge in [0.25, 0.3) is 0 Å². The zero-order chi connectivity index (χ0) is 18.0. The van der Waals surface area contributed by atoms with E-state index in [-0.39, 0.29) is 21.4 Å². The van der Waals surface area contributed by atoms with E-state index in [1.54, 1.807) is 31.4 Å². The topological polar surface area (TPSA) is 110 Å². The molecular formula is C16H15ClN4O3S. The fourth-order valence-corrected chi connectivity index (χ4v) is 3.79. The van der Waals surface area contributed by atoms with Crippen molar-refractivity contribution in [2.45, 2.75) is 9.79 Å². The Labute approximate surface area is 149 Å². The molecule has 0 atom stereocenters. The second-order valence-electron chi connectivity index (χ2n) is 5.13. The van der Waals surface area contributed by atoms with Gasteiger partial charge in [-0.15, -0.1) is 0 Å². The molecule has 130 valence electrons. The van der Waals surface area contributed by atoms with E-state index in [1.807, 2.05) is 0 Å². The third kappa shape index (κ3) is 3.40. The second kappa shape index (κ2) is 6.66. The first-order valence-electron chi connectivity index (χ1n) is 7.17. The van der Waals surface area contributed by atoms with Gasteiger partial charge in [-0.1, -0.05) is 11.6 Å². The lowest BCUT2D eigenvalue weighted by Gasteiger charge is -2.09. The van der Waals surface area contributed by atoms with Crippen molar-refractivity contribution in [1.82, 2.24) is 10.2 Å². The number of sulfone groups is 1. The molecule has 0 saturated heterocycles. The molecule has 9 heteroatoms. The highest BCUT2D eigenvalue weighted by Gasteiger charge is 2.27. The van der Waals surface area contributed by atoms with E-state index in [4.69, 9.17) is 22.1 Å². The van der Waals surface area contributed by atoms with Crippen molar-refractivity contribution < 1.29 is 13.2 Å². The number of ether oxygens (including phenoxy) is 1. The van der Waals surface area contributed by atoms with Crippen LogP contribution in [0.1, 0.15) is 0 Å². The van der Waals surface area contributed by atoms with Crippen molar-refractivity contribution in [1.29, 1.82) is 0 Å². The maximum atomic E-state index is 12.9. The van der Waals surface area contributed by atoms with Gasteiger partial charge >= 0.3 is 0 Å². The zero-order valence-electron chi connectivity index (χ0n) is 13.2. The predicted octanol–water partition coefficient (Wildman–Crippen LogP) is 3.23. The van der Waals surface area contributed by atoms with Crippen molar-refractivity contribution in [3.63, 3.8) is 0 Å². The van der Waals surface area contributed by atoms with Gasteiger partial charge in [0, 0.05) is 10.7 Å². The molecule has 1 heterocycles. The Morgan fingerprint density at radius 3 is 2.36 bits per heavy atom. The quantitative estimate of drug-likeness (QED) is 0.628. The van der Waals surface area contributed by atoms with Gasteiger partial charge in [0.2, 0.25) is 9.84 Å². The number of nitrogens with two attached hydrogens (primary N) is 1. The Morgan fingerprint density at radius 2 is 1.76 bits per heavy atom. The molecule has 2 aromatic carbocycles. The molecule has 4 N–H and O–H groups in total. The summed E-state index contributed by atoms with van der Waals surface area (Å²) < 4.78 is 30.9. The number of nitrogens with one attached hydrogen (secondary N) is 2. The molecule has 0 aliphatic rings. The van der Waals surface area contributed by atoms with Crippen LogP contribution in [-0.2, 0) is 9.84 Å². The van der Waals surface area contributed by atoms with Gasteiger partial charge in [-0.2, -0.15) is 5.10 Å². The summed E-state index contributed by atoms with van der Waals surface area (Å²) in [7, 11) is -2.31. The third-order valence-corrected chi connectivity index (χ3v) is 5.59. The van der Waals surface area contributed by atoms with Crippen molar-refractivity contribution in [3.8, 4) is 5.75 Å². The molecule has 0 bridgehead atoms. The van der Waals surface area contributed by atoms with Crippen LogP contribution in [0.2, 0.25) is 5.02 Å². The maximum Gasteiger partial charge on any atom is 0.213 e. The predicted molar refractivity (Wildman–Crippen MR) is 96.2 cm³/mol.